The molecule has 1 nitrogen and oxygen atoms in total. The number of hydrogen-bond acceptors (Lipinski definition) is 1. The molecule has 0 aliphatic rings. The third-order valence-electron chi connectivity index (χ3n) is 1.98. The van der Waals surface area contributed by atoms with Gasteiger partial charge in [-0.1, -0.05) is 49.4 Å². The van der Waals surface area contributed by atoms with Gasteiger partial charge >= 0.3 is 0 Å². The second-order valence-electron chi connectivity index (χ2n) is 2.98. The lowest BCUT2D eigenvalue weighted by Crippen LogP contribution is -1.78. The van der Waals surface area contributed by atoms with E-state index in [0.29, 0.717) is 0 Å². The third-order valence-corrected chi connectivity index (χ3v) is 1.98. The van der Waals surface area contributed by atoms with Gasteiger partial charge in [0.15, 0.2) is 0 Å². The molecule has 1 heteroatoms. The van der Waals surface area contributed by atoms with Gasteiger partial charge in [-0.15, -0.1) is 0 Å². The zero-order chi connectivity index (χ0) is 10.2. The minimum Gasteiger partial charge on any atom is -0.299 e. The van der Waals surface area contributed by atoms with Gasteiger partial charge in [0.05, 0.1) is 0 Å². The van der Waals surface area contributed by atoms with E-state index in [1.165, 1.54) is 11.6 Å². The summed E-state index contributed by atoms with van der Waals surface area (Å²) in [5, 5.41) is 0. The first-order valence-corrected chi connectivity index (χ1v) is 4.74. The molecule has 0 spiro atoms. The van der Waals surface area contributed by atoms with Gasteiger partial charge in [-0.2, -0.15) is 0 Å². The summed E-state index contributed by atoms with van der Waals surface area (Å²) in [6, 6.07) is 8.38. The summed E-state index contributed by atoms with van der Waals surface area (Å²) in [5.74, 6) is 0. The minimum atomic E-state index is 0.768. The summed E-state index contributed by atoms with van der Waals surface area (Å²) in [4.78, 5) is 9.98. The number of aryl methyl sites for hydroxylation is 1. The Hall–Kier alpha value is -1.63. The van der Waals surface area contributed by atoms with Gasteiger partial charge in [-0.05, 0) is 23.6 Å². The fraction of sp³-hybridized carbons (Fsp3) is 0.154. The van der Waals surface area contributed by atoms with E-state index in [9.17, 15) is 4.79 Å². The molecule has 0 aromatic heterocycles. The van der Waals surface area contributed by atoms with Crippen LogP contribution >= 0.6 is 0 Å². The molecule has 0 amide bonds. The smallest absolute Gasteiger partial charge is 0.142 e. The van der Waals surface area contributed by atoms with E-state index in [1.54, 1.807) is 6.08 Å². The molecule has 0 heterocycles. The Bertz CT molecular complexity index is 331. The Kier molecular flexibility index (Phi) is 4.42. The lowest BCUT2D eigenvalue weighted by Gasteiger charge is -1.96. The van der Waals surface area contributed by atoms with Gasteiger partial charge in [0.2, 0.25) is 0 Å². The van der Waals surface area contributed by atoms with Crippen LogP contribution < -0.4 is 0 Å². The molecule has 0 saturated carbocycles. The minimum absolute atomic E-state index is 0.768. The van der Waals surface area contributed by atoms with Crippen LogP contribution in [0.15, 0.2) is 42.5 Å². The van der Waals surface area contributed by atoms with Crippen LogP contribution in [-0.4, -0.2) is 6.29 Å². The highest BCUT2D eigenvalue weighted by atomic mass is 16.1. The highest BCUT2D eigenvalue weighted by molar-refractivity contribution is 5.66. The van der Waals surface area contributed by atoms with Crippen LogP contribution in [0.3, 0.4) is 0 Å². The number of allylic oxidation sites excluding steroid dienone is 3. The maximum Gasteiger partial charge on any atom is 0.142 e. The maximum atomic E-state index is 9.98. The molecule has 0 saturated heterocycles. The molecule has 0 fully saturated rings. The Morgan fingerprint density at radius 2 is 1.79 bits per heavy atom. The average molecular weight is 186 g/mol. The van der Waals surface area contributed by atoms with Crippen LogP contribution in [0, 0.1) is 0 Å². The molecule has 0 atom stereocenters. The predicted molar refractivity (Wildman–Crippen MR) is 60.1 cm³/mol. The van der Waals surface area contributed by atoms with Crippen molar-refractivity contribution in [3.8, 4) is 0 Å². The van der Waals surface area contributed by atoms with Gasteiger partial charge in [-0.25, -0.2) is 0 Å². The number of carbonyl (C=O) groups is 1. The second-order valence-corrected chi connectivity index (χ2v) is 2.98. The van der Waals surface area contributed by atoms with E-state index in [2.05, 4.69) is 31.2 Å². The van der Waals surface area contributed by atoms with E-state index < -0.39 is 0 Å². The molecular formula is C13H14O. The fourth-order valence-corrected chi connectivity index (χ4v) is 1.14. The molecule has 0 bridgehead atoms. The van der Waals surface area contributed by atoms with E-state index in [1.807, 2.05) is 12.2 Å². The van der Waals surface area contributed by atoms with E-state index >= 15 is 0 Å². The highest BCUT2D eigenvalue weighted by Gasteiger charge is 1.87. The lowest BCUT2D eigenvalue weighted by molar-refractivity contribution is -0.104. The Morgan fingerprint density at radius 3 is 2.36 bits per heavy atom. The van der Waals surface area contributed by atoms with Crippen molar-refractivity contribution in [2.24, 2.45) is 0 Å². The number of rotatable bonds is 4. The van der Waals surface area contributed by atoms with Crippen LogP contribution in [0.1, 0.15) is 18.1 Å². The van der Waals surface area contributed by atoms with E-state index in [4.69, 9.17) is 0 Å². The van der Waals surface area contributed by atoms with Gasteiger partial charge in [0, 0.05) is 0 Å². The van der Waals surface area contributed by atoms with Crippen molar-refractivity contribution < 1.29 is 4.79 Å². The van der Waals surface area contributed by atoms with Crippen molar-refractivity contribution in [1.82, 2.24) is 0 Å². The van der Waals surface area contributed by atoms with Crippen molar-refractivity contribution in [1.29, 1.82) is 0 Å². The summed E-state index contributed by atoms with van der Waals surface area (Å²) in [7, 11) is 0. The zero-order valence-electron chi connectivity index (χ0n) is 8.31. The number of carbonyl (C=O) groups excluding carboxylic acids is 1. The first-order valence-electron chi connectivity index (χ1n) is 4.74. The molecule has 0 radical (unpaired) electrons. The number of benzene rings is 1. The molecule has 0 aliphatic heterocycles. The molecular weight excluding hydrogens is 172 g/mol. The van der Waals surface area contributed by atoms with Crippen LogP contribution in [0.2, 0.25) is 0 Å². The van der Waals surface area contributed by atoms with Crippen LogP contribution in [0.5, 0.6) is 0 Å². The van der Waals surface area contributed by atoms with Crippen molar-refractivity contribution in [3.63, 3.8) is 0 Å². The molecule has 72 valence electrons. The standard InChI is InChI=1S/C13H14O/c1-2-12-7-9-13(10-8-12)6-4-3-5-11-14/h3-11H,2H2,1H3/b5-3+,6-4+. The third kappa shape index (κ3) is 3.40. The molecule has 14 heavy (non-hydrogen) atoms. The first kappa shape index (κ1) is 10.5. The van der Waals surface area contributed by atoms with Crippen molar-refractivity contribution in [3.05, 3.63) is 53.6 Å². The quantitative estimate of drug-likeness (QED) is 0.401. The number of aldehydes is 1. The Morgan fingerprint density at radius 1 is 1.07 bits per heavy atom. The van der Waals surface area contributed by atoms with Crippen molar-refractivity contribution in [2.45, 2.75) is 13.3 Å². The van der Waals surface area contributed by atoms with E-state index in [0.717, 1.165) is 18.3 Å². The monoisotopic (exact) mass is 186 g/mol. The molecule has 0 aliphatic carbocycles. The first-order chi connectivity index (χ1) is 6.86. The van der Waals surface area contributed by atoms with Crippen LogP contribution in [0.4, 0.5) is 0 Å². The van der Waals surface area contributed by atoms with E-state index in [-0.39, 0.29) is 0 Å². The molecule has 0 N–H and O–H groups in total. The Balaban J connectivity index is 2.63. The summed E-state index contributed by atoms with van der Waals surface area (Å²) in [6.07, 6.45) is 8.85. The van der Waals surface area contributed by atoms with Gasteiger partial charge in [0.1, 0.15) is 6.29 Å². The molecule has 0 unspecified atom stereocenters. The topological polar surface area (TPSA) is 17.1 Å². The normalized spacial score (nSPS) is 11.2. The second kappa shape index (κ2) is 5.92. The largest absolute Gasteiger partial charge is 0.299 e. The SMILES string of the molecule is CCc1ccc(/C=C/C=C/C=O)cc1. The predicted octanol–water partition coefficient (Wildman–Crippen LogP) is 3.02. The average Bonchev–Trinajstić information content (AvgIpc) is 2.25. The molecule has 1 aromatic carbocycles. The summed E-state index contributed by atoms with van der Waals surface area (Å²) < 4.78 is 0. The van der Waals surface area contributed by atoms with Crippen molar-refractivity contribution >= 4 is 12.4 Å². The van der Waals surface area contributed by atoms with Crippen molar-refractivity contribution in [2.75, 3.05) is 0 Å². The zero-order valence-corrected chi connectivity index (χ0v) is 8.31. The van der Waals surface area contributed by atoms with Gasteiger partial charge in [0.25, 0.3) is 0 Å². The van der Waals surface area contributed by atoms with Gasteiger partial charge < -0.3 is 0 Å². The Labute approximate surface area is 84.8 Å². The van der Waals surface area contributed by atoms with Crippen LogP contribution in [-0.2, 0) is 11.2 Å². The summed E-state index contributed by atoms with van der Waals surface area (Å²) in [6.45, 7) is 2.14. The summed E-state index contributed by atoms with van der Waals surface area (Å²) >= 11 is 0. The lowest BCUT2D eigenvalue weighted by atomic mass is 10.1. The molecule has 1 rings (SSSR count). The number of hydrogen-bond donors (Lipinski definition) is 0. The highest BCUT2D eigenvalue weighted by Crippen LogP contribution is 2.06. The molecule has 1 aromatic rings. The fourth-order valence-electron chi connectivity index (χ4n) is 1.14. The maximum absolute atomic E-state index is 9.98. The van der Waals surface area contributed by atoms with Gasteiger partial charge in [-0.3, -0.25) is 4.79 Å². The van der Waals surface area contributed by atoms with Crippen LogP contribution in [0.25, 0.3) is 6.08 Å². The summed E-state index contributed by atoms with van der Waals surface area (Å²) in [5.41, 5.74) is 2.49.